The number of hydrogen-bond donors (Lipinski definition) is 0. The molecule has 0 aromatic heterocycles. The molecule has 0 bridgehead atoms. The number of carbonyl (C=O) groups is 3. The van der Waals surface area contributed by atoms with Crippen molar-refractivity contribution in [1.82, 2.24) is 9.80 Å². The van der Waals surface area contributed by atoms with Crippen molar-refractivity contribution >= 4 is 29.4 Å². The molecule has 2 amide bonds. The van der Waals surface area contributed by atoms with Crippen molar-refractivity contribution in [2.24, 2.45) is 11.8 Å². The molecule has 8 nitrogen and oxygen atoms in total. The molecule has 3 heterocycles. The maximum absolute atomic E-state index is 13.8. The van der Waals surface area contributed by atoms with Crippen molar-refractivity contribution in [3.8, 4) is 0 Å². The van der Waals surface area contributed by atoms with Crippen molar-refractivity contribution in [2.75, 3.05) is 6.54 Å². The van der Waals surface area contributed by atoms with Crippen molar-refractivity contribution in [3.05, 3.63) is 117 Å². The highest BCUT2D eigenvalue weighted by atomic mass is 16.6. The third-order valence-electron chi connectivity index (χ3n) is 7.65. The molecule has 2 fully saturated rings. The summed E-state index contributed by atoms with van der Waals surface area (Å²) in [5.74, 6) is -2.47. The molecule has 2 saturated heterocycles. The van der Waals surface area contributed by atoms with Crippen LogP contribution in [0.3, 0.4) is 0 Å². The third kappa shape index (κ3) is 3.64. The van der Waals surface area contributed by atoms with E-state index < -0.39 is 28.8 Å². The number of rotatable bonds is 6. The zero-order valence-electron chi connectivity index (χ0n) is 19.8. The number of nitro benzene ring substituents is 1. The molecule has 0 N–H and O–H groups in total. The molecule has 3 aliphatic rings. The normalized spacial score (nSPS) is 23.6. The minimum atomic E-state index is -0.890. The van der Waals surface area contributed by atoms with E-state index >= 15 is 0 Å². The number of ketones is 1. The number of nitro groups is 1. The average Bonchev–Trinajstić information content (AvgIpc) is 3.40. The second-order valence-corrected chi connectivity index (χ2v) is 9.57. The lowest BCUT2D eigenvalue weighted by Gasteiger charge is -2.35. The summed E-state index contributed by atoms with van der Waals surface area (Å²) >= 11 is 0. The molecule has 0 aliphatic carbocycles. The van der Waals surface area contributed by atoms with E-state index in [4.69, 9.17) is 0 Å². The quantitative estimate of drug-likeness (QED) is 0.222. The minimum Gasteiger partial charge on any atom is -0.358 e. The van der Waals surface area contributed by atoms with Crippen molar-refractivity contribution in [2.45, 2.75) is 18.5 Å². The van der Waals surface area contributed by atoms with Gasteiger partial charge in [-0.15, -0.1) is 0 Å². The Balaban J connectivity index is 1.38. The van der Waals surface area contributed by atoms with Gasteiger partial charge in [-0.2, -0.15) is 0 Å². The van der Waals surface area contributed by atoms with E-state index in [9.17, 15) is 24.5 Å². The fourth-order valence-electron chi connectivity index (χ4n) is 5.94. The van der Waals surface area contributed by atoms with E-state index in [2.05, 4.69) is 0 Å². The summed E-state index contributed by atoms with van der Waals surface area (Å²) in [6.07, 6.45) is 4.23. The van der Waals surface area contributed by atoms with Crippen molar-refractivity contribution in [3.63, 3.8) is 0 Å². The highest BCUT2D eigenvalue weighted by Crippen LogP contribution is 2.53. The zero-order valence-corrected chi connectivity index (χ0v) is 19.8. The van der Waals surface area contributed by atoms with Crippen LogP contribution in [0.25, 0.3) is 6.08 Å². The molecule has 8 heteroatoms. The SMILES string of the molecule is O=C(c1ccc([N+](=O)[O-])cc1)[C@@H]1[C@@H]2C(=O)N(CCc3ccccc3)C(=O)[C@H]2[C@@H]2c3ccccc3C=CN12. The van der Waals surface area contributed by atoms with Gasteiger partial charge in [0, 0.05) is 30.4 Å². The number of carbonyl (C=O) groups excluding carboxylic acids is 3. The summed E-state index contributed by atoms with van der Waals surface area (Å²) in [6, 6.07) is 21.4. The monoisotopic (exact) mass is 493 g/mol. The van der Waals surface area contributed by atoms with Gasteiger partial charge >= 0.3 is 0 Å². The van der Waals surface area contributed by atoms with E-state index in [-0.39, 0.29) is 35.4 Å². The summed E-state index contributed by atoms with van der Waals surface area (Å²) in [5.41, 5.74) is 3.03. The van der Waals surface area contributed by atoms with Crippen LogP contribution in [0.5, 0.6) is 0 Å². The van der Waals surface area contributed by atoms with Crippen LogP contribution in [0.4, 0.5) is 5.69 Å². The maximum Gasteiger partial charge on any atom is 0.269 e. The molecule has 37 heavy (non-hydrogen) atoms. The first-order valence-corrected chi connectivity index (χ1v) is 12.2. The molecule has 4 atom stereocenters. The zero-order chi connectivity index (χ0) is 25.7. The Kier molecular flexibility index (Phi) is 5.44. The summed E-state index contributed by atoms with van der Waals surface area (Å²) in [4.78, 5) is 55.1. The van der Waals surface area contributed by atoms with Gasteiger partial charge < -0.3 is 4.90 Å². The van der Waals surface area contributed by atoms with Crippen LogP contribution in [0.1, 0.15) is 33.1 Å². The van der Waals surface area contributed by atoms with Crippen LogP contribution in [0.15, 0.2) is 85.1 Å². The van der Waals surface area contributed by atoms with Crippen LogP contribution in [0, 0.1) is 22.0 Å². The van der Waals surface area contributed by atoms with Gasteiger partial charge in [0.25, 0.3) is 5.69 Å². The molecule has 3 aromatic rings. The first kappa shape index (κ1) is 22.8. The number of amides is 2. The lowest BCUT2D eigenvalue weighted by Crippen LogP contribution is -2.44. The van der Waals surface area contributed by atoms with Crippen LogP contribution in [-0.2, 0) is 16.0 Å². The number of benzene rings is 3. The van der Waals surface area contributed by atoms with Gasteiger partial charge in [-0.3, -0.25) is 29.4 Å². The van der Waals surface area contributed by atoms with E-state index in [1.165, 1.54) is 29.2 Å². The molecule has 184 valence electrons. The molecule has 0 radical (unpaired) electrons. The van der Waals surface area contributed by atoms with Gasteiger partial charge in [-0.05, 0) is 41.3 Å². The molecule has 6 rings (SSSR count). The van der Waals surface area contributed by atoms with Gasteiger partial charge in [-0.25, -0.2) is 0 Å². The lowest BCUT2D eigenvalue weighted by molar-refractivity contribution is -0.384. The molecule has 0 spiro atoms. The molecular weight excluding hydrogens is 470 g/mol. The van der Waals surface area contributed by atoms with Crippen LogP contribution >= 0.6 is 0 Å². The topological polar surface area (TPSA) is 101 Å². The van der Waals surface area contributed by atoms with Gasteiger partial charge in [-0.1, -0.05) is 54.6 Å². The second-order valence-electron chi connectivity index (χ2n) is 9.57. The Morgan fingerprint density at radius 2 is 1.54 bits per heavy atom. The third-order valence-corrected chi connectivity index (χ3v) is 7.65. The summed E-state index contributed by atoms with van der Waals surface area (Å²) in [7, 11) is 0. The largest absolute Gasteiger partial charge is 0.358 e. The van der Waals surface area contributed by atoms with Crippen LogP contribution in [0.2, 0.25) is 0 Å². The summed E-state index contributed by atoms with van der Waals surface area (Å²) in [5, 5.41) is 11.1. The number of fused-ring (bicyclic) bond motifs is 5. The first-order chi connectivity index (χ1) is 18.0. The Labute approximate surface area is 213 Å². The van der Waals surface area contributed by atoms with Gasteiger partial charge in [0.05, 0.1) is 22.8 Å². The van der Waals surface area contributed by atoms with E-state index in [1.54, 1.807) is 6.20 Å². The standard InChI is InChI=1S/C29H23N3O5/c33-27(20-10-12-21(13-11-20)32(36)37)26-24-23(25-22-9-5-4-8-19(22)15-17-30(25)26)28(34)31(29(24)35)16-14-18-6-2-1-3-7-18/h1-13,15,17,23-26H,14,16H2/t23-,24-,25+,26+/m1/s1. The lowest BCUT2D eigenvalue weighted by atomic mass is 9.83. The fraction of sp³-hybridized carbons (Fsp3) is 0.207. The van der Waals surface area contributed by atoms with E-state index in [1.807, 2.05) is 65.6 Å². The van der Waals surface area contributed by atoms with Gasteiger partial charge in [0.2, 0.25) is 11.8 Å². The fourth-order valence-corrected chi connectivity index (χ4v) is 5.94. The Bertz CT molecular complexity index is 1450. The molecule has 0 unspecified atom stereocenters. The summed E-state index contributed by atoms with van der Waals surface area (Å²) in [6.45, 7) is 0.247. The Morgan fingerprint density at radius 1 is 0.865 bits per heavy atom. The molecular formula is C29H23N3O5. The number of likely N-dealkylation sites (tertiary alicyclic amines) is 1. The molecule has 0 saturated carbocycles. The highest BCUT2D eigenvalue weighted by Gasteiger charge is 2.64. The van der Waals surface area contributed by atoms with Crippen LogP contribution < -0.4 is 0 Å². The van der Waals surface area contributed by atoms with E-state index in [0.717, 1.165) is 16.7 Å². The van der Waals surface area contributed by atoms with Gasteiger partial charge in [0.1, 0.15) is 6.04 Å². The Hall–Kier alpha value is -4.59. The number of imide groups is 1. The summed E-state index contributed by atoms with van der Waals surface area (Å²) < 4.78 is 0. The van der Waals surface area contributed by atoms with Crippen LogP contribution in [-0.4, -0.2) is 44.9 Å². The second kappa shape index (κ2) is 8.81. The predicted molar refractivity (Wildman–Crippen MR) is 135 cm³/mol. The highest BCUT2D eigenvalue weighted by molar-refractivity contribution is 6.12. The predicted octanol–water partition coefficient (Wildman–Crippen LogP) is 4.03. The smallest absolute Gasteiger partial charge is 0.269 e. The molecule has 3 aromatic carbocycles. The molecule has 3 aliphatic heterocycles. The maximum atomic E-state index is 13.8. The van der Waals surface area contributed by atoms with Crippen molar-refractivity contribution in [1.29, 1.82) is 0 Å². The number of hydrogen-bond acceptors (Lipinski definition) is 6. The van der Waals surface area contributed by atoms with Gasteiger partial charge in [0.15, 0.2) is 5.78 Å². The number of Topliss-reactive ketones (excluding diaryl/α,β-unsaturated/α-hetero) is 1. The van der Waals surface area contributed by atoms with E-state index in [0.29, 0.717) is 6.42 Å². The van der Waals surface area contributed by atoms with Crippen molar-refractivity contribution < 1.29 is 19.3 Å². The number of non-ortho nitro benzene ring substituents is 1. The number of nitrogens with zero attached hydrogens (tertiary/aromatic N) is 3. The minimum absolute atomic E-state index is 0.121. The Morgan fingerprint density at radius 3 is 2.27 bits per heavy atom. The first-order valence-electron chi connectivity index (χ1n) is 12.2. The average molecular weight is 494 g/mol.